The summed E-state index contributed by atoms with van der Waals surface area (Å²) in [5, 5.41) is 2.18. The zero-order chi connectivity index (χ0) is 15.8. The molecule has 0 bridgehead atoms. The molecule has 0 heterocycles. The van der Waals surface area contributed by atoms with E-state index in [-0.39, 0.29) is 11.9 Å². The third kappa shape index (κ3) is 5.43. The molecule has 0 aliphatic carbocycles. The summed E-state index contributed by atoms with van der Waals surface area (Å²) in [5.74, 6) is 0.473. The molecule has 0 fully saturated rings. The number of hydrogen-bond donors (Lipinski definition) is 2. The first-order valence-electron chi connectivity index (χ1n) is 6.90. The molecule has 2 amide bonds. The molecule has 0 radical (unpaired) electrons. The molecule has 6 heteroatoms. The molecule has 1 rings (SSSR count). The molecule has 116 valence electrons. The summed E-state index contributed by atoms with van der Waals surface area (Å²) in [6, 6.07) is 7.39. The Hall–Kier alpha value is -2.08. The van der Waals surface area contributed by atoms with Crippen molar-refractivity contribution >= 4 is 12.0 Å². The summed E-state index contributed by atoms with van der Waals surface area (Å²) in [4.78, 5) is 23.8. The highest BCUT2D eigenvalue weighted by molar-refractivity contribution is 5.93. The van der Waals surface area contributed by atoms with Gasteiger partial charge in [0.05, 0.1) is 20.8 Å². The average molecular weight is 295 g/mol. The monoisotopic (exact) mass is 295 g/mol. The Morgan fingerprint density at radius 3 is 2.43 bits per heavy atom. The molecule has 0 aromatic heterocycles. The van der Waals surface area contributed by atoms with Gasteiger partial charge in [0, 0.05) is 5.56 Å². The zero-order valence-electron chi connectivity index (χ0n) is 12.9. The summed E-state index contributed by atoms with van der Waals surface area (Å²) < 4.78 is 9.80. The second kappa shape index (κ2) is 8.26. The fourth-order valence-corrected chi connectivity index (χ4v) is 1.83. The SMILES string of the molecule is CCOc1ccc(C[NH+](C)[C@@H](C)C(=O)NC(=O)OC)cc1. The van der Waals surface area contributed by atoms with Crippen molar-refractivity contribution in [3.05, 3.63) is 29.8 Å². The quantitative estimate of drug-likeness (QED) is 0.796. The van der Waals surface area contributed by atoms with E-state index < -0.39 is 6.09 Å². The lowest BCUT2D eigenvalue weighted by molar-refractivity contribution is -0.908. The third-order valence-electron chi connectivity index (χ3n) is 3.26. The summed E-state index contributed by atoms with van der Waals surface area (Å²) in [5.41, 5.74) is 1.09. The van der Waals surface area contributed by atoms with E-state index in [1.54, 1.807) is 6.92 Å². The van der Waals surface area contributed by atoms with Crippen LogP contribution in [0, 0.1) is 0 Å². The fourth-order valence-electron chi connectivity index (χ4n) is 1.83. The molecule has 0 spiro atoms. The highest BCUT2D eigenvalue weighted by atomic mass is 16.5. The van der Waals surface area contributed by atoms with Crippen molar-refractivity contribution < 1.29 is 24.0 Å². The smallest absolute Gasteiger partial charge is 0.413 e. The number of benzene rings is 1. The van der Waals surface area contributed by atoms with E-state index in [0.717, 1.165) is 16.2 Å². The molecule has 6 nitrogen and oxygen atoms in total. The van der Waals surface area contributed by atoms with Crippen LogP contribution in [-0.2, 0) is 16.1 Å². The maximum Gasteiger partial charge on any atom is 0.413 e. The van der Waals surface area contributed by atoms with E-state index in [2.05, 4.69) is 10.1 Å². The second-order valence-electron chi connectivity index (χ2n) is 4.80. The van der Waals surface area contributed by atoms with Crippen LogP contribution >= 0.6 is 0 Å². The van der Waals surface area contributed by atoms with Crippen LogP contribution in [0.1, 0.15) is 19.4 Å². The summed E-state index contributed by atoms with van der Waals surface area (Å²) in [6.07, 6.45) is -0.735. The van der Waals surface area contributed by atoms with Gasteiger partial charge in [0.1, 0.15) is 12.3 Å². The predicted molar refractivity (Wildman–Crippen MR) is 78.2 cm³/mol. The van der Waals surface area contributed by atoms with Gasteiger partial charge in [-0.25, -0.2) is 4.79 Å². The van der Waals surface area contributed by atoms with E-state index in [9.17, 15) is 9.59 Å². The van der Waals surface area contributed by atoms with E-state index in [0.29, 0.717) is 13.2 Å². The van der Waals surface area contributed by atoms with Crippen molar-refractivity contribution in [3.8, 4) is 5.75 Å². The maximum absolute atomic E-state index is 11.8. The molecule has 0 saturated carbocycles. The first-order valence-corrected chi connectivity index (χ1v) is 6.90. The number of ether oxygens (including phenoxy) is 2. The van der Waals surface area contributed by atoms with Crippen LogP contribution in [0.25, 0.3) is 0 Å². The van der Waals surface area contributed by atoms with Crippen molar-refractivity contribution in [2.24, 2.45) is 0 Å². The van der Waals surface area contributed by atoms with E-state index >= 15 is 0 Å². The summed E-state index contributed by atoms with van der Waals surface area (Å²) >= 11 is 0. The molecule has 1 aromatic rings. The van der Waals surface area contributed by atoms with Gasteiger partial charge in [-0.1, -0.05) is 0 Å². The number of quaternary nitrogens is 1. The summed E-state index contributed by atoms with van der Waals surface area (Å²) in [7, 11) is 3.13. The minimum absolute atomic E-state index is 0.356. The van der Waals surface area contributed by atoms with Crippen molar-refractivity contribution in [3.63, 3.8) is 0 Å². The number of carbonyl (C=O) groups excluding carboxylic acids is 2. The lowest BCUT2D eigenvalue weighted by atomic mass is 10.2. The minimum Gasteiger partial charge on any atom is -0.494 e. The van der Waals surface area contributed by atoms with Crippen LogP contribution in [0.2, 0.25) is 0 Å². The van der Waals surface area contributed by atoms with Crippen LogP contribution in [0.4, 0.5) is 4.79 Å². The van der Waals surface area contributed by atoms with E-state index in [1.165, 1.54) is 7.11 Å². The predicted octanol–water partition coefficient (Wildman–Crippen LogP) is 0.371. The number of nitrogens with one attached hydrogen (secondary N) is 2. The number of hydrogen-bond acceptors (Lipinski definition) is 4. The Morgan fingerprint density at radius 1 is 1.29 bits per heavy atom. The lowest BCUT2D eigenvalue weighted by Crippen LogP contribution is -3.12. The third-order valence-corrected chi connectivity index (χ3v) is 3.26. The number of imide groups is 1. The highest BCUT2D eigenvalue weighted by Gasteiger charge is 2.23. The van der Waals surface area contributed by atoms with Gasteiger partial charge >= 0.3 is 6.09 Å². The minimum atomic E-state index is -0.735. The van der Waals surface area contributed by atoms with Gasteiger partial charge in [-0.3, -0.25) is 10.1 Å². The number of carbonyl (C=O) groups is 2. The standard InChI is InChI=1S/C15H22N2O4/c1-5-21-13-8-6-12(7-9-13)10-17(3)11(2)14(18)16-15(19)20-4/h6-9,11H,5,10H2,1-4H3,(H,16,18,19)/p+1/t11-/m0/s1. The van der Waals surface area contributed by atoms with E-state index in [1.807, 2.05) is 38.2 Å². The second-order valence-corrected chi connectivity index (χ2v) is 4.80. The number of alkyl carbamates (subject to hydrolysis) is 1. The summed E-state index contributed by atoms with van der Waals surface area (Å²) in [6.45, 7) is 5.01. The molecule has 2 atom stereocenters. The Labute approximate surface area is 125 Å². The van der Waals surface area contributed by atoms with Crippen LogP contribution in [0.5, 0.6) is 5.75 Å². The number of likely N-dealkylation sites (N-methyl/N-ethyl adjacent to an activating group) is 1. The van der Waals surface area contributed by atoms with Crippen LogP contribution in [0.3, 0.4) is 0 Å². The molecular weight excluding hydrogens is 272 g/mol. The average Bonchev–Trinajstić information content (AvgIpc) is 2.48. The van der Waals surface area contributed by atoms with Crippen molar-refractivity contribution in [1.29, 1.82) is 0 Å². The molecule has 0 saturated heterocycles. The molecule has 2 N–H and O–H groups in total. The Balaban J connectivity index is 2.56. The van der Waals surface area contributed by atoms with E-state index in [4.69, 9.17) is 4.74 Å². The number of methoxy groups -OCH3 is 1. The number of amides is 2. The maximum atomic E-state index is 11.8. The Bertz CT molecular complexity index is 473. The van der Waals surface area contributed by atoms with Crippen molar-refractivity contribution in [2.75, 3.05) is 20.8 Å². The molecule has 1 unspecified atom stereocenters. The first-order chi connectivity index (χ1) is 9.97. The van der Waals surface area contributed by atoms with Crippen LogP contribution in [-0.4, -0.2) is 38.8 Å². The van der Waals surface area contributed by atoms with Crippen molar-refractivity contribution in [2.45, 2.75) is 26.4 Å². The zero-order valence-corrected chi connectivity index (χ0v) is 12.9. The van der Waals surface area contributed by atoms with Gasteiger partial charge in [0.15, 0.2) is 6.04 Å². The van der Waals surface area contributed by atoms with Gasteiger partial charge in [-0.05, 0) is 38.1 Å². The first kappa shape index (κ1) is 17.0. The lowest BCUT2D eigenvalue weighted by Gasteiger charge is -2.20. The van der Waals surface area contributed by atoms with Gasteiger partial charge in [0.25, 0.3) is 5.91 Å². The molecule has 1 aromatic carbocycles. The molecule has 0 aliphatic rings. The topological polar surface area (TPSA) is 69.1 Å². The fraction of sp³-hybridized carbons (Fsp3) is 0.467. The highest BCUT2D eigenvalue weighted by Crippen LogP contribution is 2.11. The molecule has 0 aliphatic heterocycles. The van der Waals surface area contributed by atoms with Crippen molar-refractivity contribution in [1.82, 2.24) is 5.32 Å². The Morgan fingerprint density at radius 2 is 1.90 bits per heavy atom. The molecular formula is C15H23N2O4+. The Kier molecular flexibility index (Phi) is 6.68. The van der Waals surface area contributed by atoms with Crippen LogP contribution in [0.15, 0.2) is 24.3 Å². The van der Waals surface area contributed by atoms with Gasteiger partial charge in [-0.15, -0.1) is 0 Å². The normalized spacial score (nSPS) is 13.1. The van der Waals surface area contributed by atoms with Gasteiger partial charge < -0.3 is 14.4 Å². The van der Waals surface area contributed by atoms with Crippen LogP contribution < -0.4 is 15.0 Å². The van der Waals surface area contributed by atoms with Gasteiger partial charge in [-0.2, -0.15) is 0 Å². The number of rotatable bonds is 6. The molecule has 21 heavy (non-hydrogen) atoms. The largest absolute Gasteiger partial charge is 0.494 e. The van der Waals surface area contributed by atoms with Gasteiger partial charge in [0.2, 0.25) is 0 Å².